The van der Waals surface area contributed by atoms with Gasteiger partial charge < -0.3 is 9.47 Å². The molecule has 0 N–H and O–H groups in total. The number of hydrogen-bond acceptors (Lipinski definition) is 4. The fourth-order valence-corrected chi connectivity index (χ4v) is 2.97. The van der Waals surface area contributed by atoms with E-state index in [0.717, 1.165) is 62.7 Å². The number of allylic oxidation sites excluding steroid dienone is 2. The summed E-state index contributed by atoms with van der Waals surface area (Å²) in [5.74, 6) is 1.13. The zero-order chi connectivity index (χ0) is 17.1. The van der Waals surface area contributed by atoms with Crippen LogP contribution in [-0.2, 0) is 19.1 Å². The third kappa shape index (κ3) is 6.76. The molecule has 0 aromatic rings. The van der Waals surface area contributed by atoms with Gasteiger partial charge >= 0.3 is 5.97 Å². The van der Waals surface area contributed by atoms with Crippen molar-refractivity contribution in [2.45, 2.75) is 78.6 Å². The number of carbonyl (C=O) groups excluding carboxylic acids is 2. The first kappa shape index (κ1) is 19.7. The van der Waals surface area contributed by atoms with Crippen molar-refractivity contribution in [3.63, 3.8) is 0 Å². The average Bonchev–Trinajstić information content (AvgIpc) is 2.89. The minimum atomic E-state index is -0.0704. The molecule has 4 nitrogen and oxygen atoms in total. The van der Waals surface area contributed by atoms with Gasteiger partial charge in [-0.2, -0.15) is 0 Å². The fraction of sp³-hybridized carbons (Fsp3) is 0.789. The lowest BCUT2D eigenvalue weighted by Gasteiger charge is -2.13. The van der Waals surface area contributed by atoms with Crippen LogP contribution in [0.25, 0.3) is 0 Å². The Hall–Kier alpha value is -1.32. The Balaban J connectivity index is 2.30. The van der Waals surface area contributed by atoms with Crippen molar-refractivity contribution < 1.29 is 19.1 Å². The Labute approximate surface area is 140 Å². The molecule has 1 aliphatic rings. The maximum absolute atomic E-state index is 11.9. The topological polar surface area (TPSA) is 52.6 Å². The largest absolute Gasteiger partial charge is 0.498 e. The van der Waals surface area contributed by atoms with Gasteiger partial charge in [0.2, 0.25) is 0 Å². The van der Waals surface area contributed by atoms with Crippen molar-refractivity contribution in [1.82, 2.24) is 0 Å². The van der Waals surface area contributed by atoms with Crippen molar-refractivity contribution >= 4 is 11.8 Å². The van der Waals surface area contributed by atoms with E-state index in [2.05, 4.69) is 6.92 Å². The van der Waals surface area contributed by atoms with Gasteiger partial charge in [-0.3, -0.25) is 9.59 Å². The van der Waals surface area contributed by atoms with E-state index in [1.165, 1.54) is 0 Å². The SMILES string of the molecule is CCCOC1=C(CCCCCC(CC)C(=O)OCC)C(=O)CC1. The van der Waals surface area contributed by atoms with Gasteiger partial charge in [-0.05, 0) is 39.0 Å². The Bertz CT molecular complexity index is 412. The highest BCUT2D eigenvalue weighted by molar-refractivity contribution is 5.98. The summed E-state index contributed by atoms with van der Waals surface area (Å²) in [5, 5.41) is 0. The minimum Gasteiger partial charge on any atom is -0.498 e. The number of hydrogen-bond donors (Lipinski definition) is 0. The lowest BCUT2D eigenvalue weighted by molar-refractivity contribution is -0.148. The van der Waals surface area contributed by atoms with Crippen LogP contribution in [0.15, 0.2) is 11.3 Å². The molecule has 23 heavy (non-hydrogen) atoms. The molecule has 0 aliphatic heterocycles. The van der Waals surface area contributed by atoms with Crippen LogP contribution in [0.5, 0.6) is 0 Å². The Morgan fingerprint density at radius 1 is 1.13 bits per heavy atom. The van der Waals surface area contributed by atoms with Gasteiger partial charge in [-0.15, -0.1) is 0 Å². The van der Waals surface area contributed by atoms with E-state index in [1.54, 1.807) is 0 Å². The summed E-state index contributed by atoms with van der Waals surface area (Å²) in [4.78, 5) is 23.7. The van der Waals surface area contributed by atoms with Gasteiger partial charge in [0.15, 0.2) is 5.78 Å². The molecule has 0 aromatic carbocycles. The van der Waals surface area contributed by atoms with Gasteiger partial charge in [0, 0.05) is 18.4 Å². The first-order valence-corrected chi connectivity index (χ1v) is 9.18. The zero-order valence-corrected chi connectivity index (χ0v) is 15.0. The standard InChI is InChI=1S/C19H32O4/c1-4-14-23-18-13-12-17(20)16(18)11-9-7-8-10-15(5-2)19(21)22-6-3/h15H,4-14H2,1-3H3. The molecule has 1 rings (SSSR count). The van der Waals surface area contributed by atoms with Gasteiger partial charge in [0.1, 0.15) is 5.76 Å². The number of unbranched alkanes of at least 4 members (excludes halogenated alkanes) is 2. The van der Waals surface area contributed by atoms with E-state index in [4.69, 9.17) is 9.47 Å². The number of rotatable bonds is 12. The van der Waals surface area contributed by atoms with Crippen LogP contribution in [0.1, 0.15) is 78.6 Å². The van der Waals surface area contributed by atoms with E-state index < -0.39 is 0 Å². The predicted octanol–water partition coefficient (Wildman–Crippen LogP) is 4.57. The van der Waals surface area contributed by atoms with E-state index in [0.29, 0.717) is 19.6 Å². The van der Waals surface area contributed by atoms with Crippen LogP contribution in [0, 0.1) is 5.92 Å². The molecule has 0 saturated carbocycles. The second kappa shape index (κ2) is 11.3. The molecule has 0 radical (unpaired) electrons. The molecule has 0 amide bonds. The number of Topliss-reactive ketones (excluding diaryl/α,β-unsaturated/α-hetero) is 1. The fourth-order valence-electron chi connectivity index (χ4n) is 2.97. The summed E-state index contributed by atoms with van der Waals surface area (Å²) >= 11 is 0. The van der Waals surface area contributed by atoms with Gasteiger partial charge in [0.25, 0.3) is 0 Å². The molecule has 1 unspecified atom stereocenters. The molecule has 132 valence electrons. The Morgan fingerprint density at radius 2 is 1.91 bits per heavy atom. The Morgan fingerprint density at radius 3 is 2.57 bits per heavy atom. The molecule has 0 saturated heterocycles. The Kier molecular flexibility index (Phi) is 9.65. The van der Waals surface area contributed by atoms with Crippen LogP contribution < -0.4 is 0 Å². The van der Waals surface area contributed by atoms with E-state index in [9.17, 15) is 9.59 Å². The summed E-state index contributed by atoms with van der Waals surface area (Å²) in [6, 6.07) is 0. The smallest absolute Gasteiger partial charge is 0.308 e. The first-order chi connectivity index (χ1) is 11.1. The molecule has 1 atom stereocenters. The molecule has 4 heteroatoms. The van der Waals surface area contributed by atoms with Crippen molar-refractivity contribution in [2.75, 3.05) is 13.2 Å². The molecule has 0 heterocycles. The summed E-state index contributed by atoms with van der Waals surface area (Å²) in [5.41, 5.74) is 0.913. The molecule has 0 spiro atoms. The maximum atomic E-state index is 11.9. The number of carbonyl (C=O) groups is 2. The second-order valence-corrected chi connectivity index (χ2v) is 6.13. The van der Waals surface area contributed by atoms with Gasteiger partial charge in [-0.1, -0.05) is 26.7 Å². The predicted molar refractivity (Wildman–Crippen MR) is 91.0 cm³/mol. The zero-order valence-electron chi connectivity index (χ0n) is 15.0. The average molecular weight is 324 g/mol. The molecular weight excluding hydrogens is 292 g/mol. The van der Waals surface area contributed by atoms with Crippen LogP contribution in [-0.4, -0.2) is 25.0 Å². The molecule has 0 fully saturated rings. The highest BCUT2D eigenvalue weighted by atomic mass is 16.5. The quantitative estimate of drug-likeness (QED) is 0.390. The summed E-state index contributed by atoms with van der Waals surface area (Å²) in [6.45, 7) is 7.09. The maximum Gasteiger partial charge on any atom is 0.308 e. The molecular formula is C19H32O4. The van der Waals surface area contributed by atoms with Crippen molar-refractivity contribution in [3.05, 3.63) is 11.3 Å². The third-order valence-electron chi connectivity index (χ3n) is 4.32. The van der Waals surface area contributed by atoms with E-state index in [-0.39, 0.29) is 17.7 Å². The van der Waals surface area contributed by atoms with E-state index in [1.807, 2.05) is 13.8 Å². The van der Waals surface area contributed by atoms with Crippen LogP contribution in [0.4, 0.5) is 0 Å². The summed E-state index contributed by atoms with van der Waals surface area (Å²) < 4.78 is 10.8. The van der Waals surface area contributed by atoms with Gasteiger partial charge in [0.05, 0.1) is 19.1 Å². The number of ether oxygens (including phenoxy) is 2. The van der Waals surface area contributed by atoms with Crippen molar-refractivity contribution in [2.24, 2.45) is 5.92 Å². The van der Waals surface area contributed by atoms with Gasteiger partial charge in [-0.25, -0.2) is 0 Å². The van der Waals surface area contributed by atoms with E-state index >= 15 is 0 Å². The molecule has 0 aromatic heterocycles. The second-order valence-electron chi connectivity index (χ2n) is 6.13. The van der Waals surface area contributed by atoms with Crippen molar-refractivity contribution in [1.29, 1.82) is 0 Å². The van der Waals surface area contributed by atoms with Crippen LogP contribution in [0.3, 0.4) is 0 Å². The van der Waals surface area contributed by atoms with Crippen LogP contribution >= 0.6 is 0 Å². The molecule has 0 bridgehead atoms. The number of esters is 1. The normalized spacial score (nSPS) is 15.9. The lowest BCUT2D eigenvalue weighted by atomic mass is 9.97. The highest BCUT2D eigenvalue weighted by Gasteiger charge is 2.23. The number of ketones is 1. The van der Waals surface area contributed by atoms with Crippen LogP contribution in [0.2, 0.25) is 0 Å². The first-order valence-electron chi connectivity index (χ1n) is 9.18. The monoisotopic (exact) mass is 324 g/mol. The third-order valence-corrected chi connectivity index (χ3v) is 4.32. The molecule has 1 aliphatic carbocycles. The lowest BCUT2D eigenvalue weighted by Crippen LogP contribution is -2.17. The van der Waals surface area contributed by atoms with Crippen molar-refractivity contribution in [3.8, 4) is 0 Å². The minimum absolute atomic E-state index is 0.0192. The highest BCUT2D eigenvalue weighted by Crippen LogP contribution is 2.28. The summed E-state index contributed by atoms with van der Waals surface area (Å²) in [6.07, 6.45) is 7.89. The summed E-state index contributed by atoms with van der Waals surface area (Å²) in [7, 11) is 0.